The van der Waals surface area contributed by atoms with Gasteiger partial charge >= 0.3 is 5.77 Å². The smallest absolute Gasteiger partial charge is 0.314 e. The maximum absolute atomic E-state index is 11.4. The number of hydrogen-bond acceptors (Lipinski definition) is 3. The molecule has 0 fully saturated rings. The van der Waals surface area contributed by atoms with Gasteiger partial charge in [0, 0.05) is 12.0 Å². The quantitative estimate of drug-likeness (QED) is 0.637. The highest BCUT2D eigenvalue weighted by molar-refractivity contribution is 8.84. The molecule has 1 aromatic carbocycles. The van der Waals surface area contributed by atoms with Gasteiger partial charge in [0.2, 0.25) is 0 Å². The molecule has 0 aliphatic heterocycles. The molecule has 72 valence electrons. The molecule has 0 heterocycles. The first-order valence-corrected chi connectivity index (χ1v) is 7.88. The Labute approximate surface area is 87.4 Å². The molecule has 1 aromatic rings. The lowest BCUT2D eigenvalue weighted by Crippen LogP contribution is -1.74. The lowest BCUT2D eigenvalue weighted by molar-refractivity contribution is 0.424. The summed E-state index contributed by atoms with van der Waals surface area (Å²) >= 11 is 5.07. The van der Waals surface area contributed by atoms with Crippen LogP contribution in [-0.2, 0) is 9.09 Å². The minimum atomic E-state index is -2.80. The van der Waals surface area contributed by atoms with E-state index in [9.17, 15) is 4.57 Å². The van der Waals surface area contributed by atoms with Crippen molar-refractivity contribution in [3.8, 4) is 0 Å². The first-order valence-electron chi connectivity index (χ1n) is 3.68. The van der Waals surface area contributed by atoms with Gasteiger partial charge in [0.25, 0.3) is 0 Å². The van der Waals surface area contributed by atoms with Crippen molar-refractivity contribution in [2.24, 2.45) is 0 Å². The average molecular weight is 234 g/mol. The van der Waals surface area contributed by atoms with Crippen LogP contribution < -0.4 is 0 Å². The van der Waals surface area contributed by atoms with Gasteiger partial charge in [0.15, 0.2) is 0 Å². The second-order valence-corrected chi connectivity index (χ2v) is 8.89. The van der Waals surface area contributed by atoms with Gasteiger partial charge < -0.3 is 4.52 Å². The topological polar surface area (TPSA) is 26.3 Å². The predicted molar refractivity (Wildman–Crippen MR) is 60.6 cm³/mol. The lowest BCUT2D eigenvalue weighted by Gasteiger charge is -2.07. The Balaban J connectivity index is 2.75. The van der Waals surface area contributed by atoms with E-state index >= 15 is 0 Å². The molecule has 0 aliphatic rings. The summed E-state index contributed by atoms with van der Waals surface area (Å²) in [5.74, 6) is -2.80. The highest BCUT2D eigenvalue weighted by Crippen LogP contribution is 2.65. The standard InChI is InChI=1S/C8H11O2PS2/c1-7-3-5-8(6-4-7)13-11(9,12)10-2/h3-6H,1-2H3,(H,9,12). The molecule has 0 bridgehead atoms. The molecule has 13 heavy (non-hydrogen) atoms. The third kappa shape index (κ3) is 3.77. The van der Waals surface area contributed by atoms with Crippen LogP contribution in [0.3, 0.4) is 0 Å². The predicted octanol–water partition coefficient (Wildman–Crippen LogP) is 3.77. The van der Waals surface area contributed by atoms with Crippen LogP contribution in [0.25, 0.3) is 0 Å². The number of aryl methyl sites for hydroxylation is 1. The molecule has 1 unspecified atom stereocenters. The summed E-state index contributed by atoms with van der Waals surface area (Å²) in [7, 11) is 1.40. The van der Waals surface area contributed by atoms with E-state index in [1.807, 2.05) is 31.2 Å². The Kier molecular flexibility index (Phi) is 3.92. The Morgan fingerprint density at radius 1 is 1.38 bits per heavy atom. The maximum Gasteiger partial charge on any atom is 0.314 e. The van der Waals surface area contributed by atoms with Crippen molar-refractivity contribution in [2.45, 2.75) is 11.8 Å². The minimum absolute atomic E-state index is 0.908. The lowest BCUT2D eigenvalue weighted by atomic mass is 10.2. The normalized spacial score (nSPS) is 15.3. The molecule has 0 amide bonds. The average Bonchev–Trinajstić information content (AvgIpc) is 2.09. The minimum Gasteiger partial charge on any atom is -0.317 e. The summed E-state index contributed by atoms with van der Waals surface area (Å²) in [6.45, 7) is 2.01. The van der Waals surface area contributed by atoms with Crippen LogP contribution in [0.1, 0.15) is 5.56 Å². The van der Waals surface area contributed by atoms with Crippen LogP contribution >= 0.6 is 29.4 Å². The second-order valence-electron chi connectivity index (χ2n) is 2.56. The van der Waals surface area contributed by atoms with Crippen molar-refractivity contribution in [1.82, 2.24) is 0 Å². The molecule has 0 aromatic heterocycles. The summed E-state index contributed by atoms with van der Waals surface area (Å²) in [5, 5.41) is 0. The van der Waals surface area contributed by atoms with Crippen molar-refractivity contribution in [2.75, 3.05) is 7.11 Å². The summed E-state index contributed by atoms with van der Waals surface area (Å²) < 4.78 is 16.2. The number of thiol groups is 1. The molecule has 0 spiro atoms. The van der Waals surface area contributed by atoms with E-state index in [1.165, 1.54) is 12.7 Å². The van der Waals surface area contributed by atoms with Crippen molar-refractivity contribution in [1.29, 1.82) is 0 Å². The first kappa shape index (κ1) is 11.2. The van der Waals surface area contributed by atoms with Gasteiger partial charge in [-0.05, 0) is 30.4 Å². The van der Waals surface area contributed by atoms with Crippen LogP contribution in [0.15, 0.2) is 29.2 Å². The van der Waals surface area contributed by atoms with Gasteiger partial charge in [-0.25, -0.2) is 0 Å². The van der Waals surface area contributed by atoms with Gasteiger partial charge in [-0.2, -0.15) is 0 Å². The SMILES string of the molecule is COP(=O)(S)Sc1ccc(C)cc1. The molecule has 0 radical (unpaired) electrons. The van der Waals surface area contributed by atoms with E-state index in [0.717, 1.165) is 16.3 Å². The highest BCUT2D eigenvalue weighted by atomic mass is 33.1. The van der Waals surface area contributed by atoms with E-state index < -0.39 is 5.77 Å². The van der Waals surface area contributed by atoms with Gasteiger partial charge in [-0.1, -0.05) is 29.9 Å². The molecule has 1 atom stereocenters. The fourth-order valence-corrected chi connectivity index (χ4v) is 3.60. The third-order valence-corrected chi connectivity index (χ3v) is 5.64. The van der Waals surface area contributed by atoms with Crippen LogP contribution in [0, 0.1) is 6.92 Å². The van der Waals surface area contributed by atoms with Gasteiger partial charge in [0.1, 0.15) is 0 Å². The summed E-state index contributed by atoms with van der Waals surface area (Å²) in [4.78, 5) is 0.908. The molecule has 2 nitrogen and oxygen atoms in total. The Morgan fingerprint density at radius 2 is 1.92 bits per heavy atom. The molecule has 1 rings (SSSR count). The molecule has 0 saturated carbocycles. The Bertz CT molecular complexity index is 323. The van der Waals surface area contributed by atoms with Crippen molar-refractivity contribution in [3.05, 3.63) is 29.8 Å². The van der Waals surface area contributed by atoms with Crippen LogP contribution in [0.4, 0.5) is 0 Å². The Morgan fingerprint density at radius 3 is 2.38 bits per heavy atom. The second kappa shape index (κ2) is 4.56. The molecular weight excluding hydrogens is 223 g/mol. The number of hydrogen-bond donors (Lipinski definition) is 1. The number of rotatable bonds is 3. The van der Waals surface area contributed by atoms with E-state index in [2.05, 4.69) is 12.2 Å². The molecule has 5 heteroatoms. The molecule has 0 N–H and O–H groups in total. The van der Waals surface area contributed by atoms with Gasteiger partial charge in [0.05, 0.1) is 0 Å². The zero-order valence-corrected chi connectivity index (χ0v) is 10.0. The van der Waals surface area contributed by atoms with E-state index in [1.54, 1.807) is 0 Å². The fraction of sp³-hybridized carbons (Fsp3) is 0.250. The summed E-state index contributed by atoms with van der Waals surface area (Å²) in [6, 6.07) is 7.74. The van der Waals surface area contributed by atoms with Crippen LogP contribution in [0.5, 0.6) is 0 Å². The zero-order valence-electron chi connectivity index (χ0n) is 7.43. The molecular formula is C8H11O2PS2. The fourth-order valence-electron chi connectivity index (χ4n) is 0.770. The monoisotopic (exact) mass is 234 g/mol. The largest absolute Gasteiger partial charge is 0.317 e. The molecule has 0 saturated heterocycles. The third-order valence-electron chi connectivity index (χ3n) is 1.47. The van der Waals surface area contributed by atoms with Crippen LogP contribution in [-0.4, -0.2) is 7.11 Å². The highest BCUT2D eigenvalue weighted by Gasteiger charge is 2.16. The summed E-state index contributed by atoms with van der Waals surface area (Å²) in [6.07, 6.45) is 0. The van der Waals surface area contributed by atoms with Crippen LogP contribution in [0.2, 0.25) is 0 Å². The van der Waals surface area contributed by atoms with E-state index in [-0.39, 0.29) is 0 Å². The van der Waals surface area contributed by atoms with E-state index in [4.69, 9.17) is 4.52 Å². The van der Waals surface area contributed by atoms with Gasteiger partial charge in [-0.3, -0.25) is 4.57 Å². The maximum atomic E-state index is 11.4. The number of benzene rings is 1. The van der Waals surface area contributed by atoms with Crippen molar-refractivity contribution >= 4 is 29.4 Å². The molecule has 0 aliphatic carbocycles. The zero-order chi connectivity index (χ0) is 9.90. The van der Waals surface area contributed by atoms with Crippen molar-refractivity contribution in [3.63, 3.8) is 0 Å². The first-order chi connectivity index (χ1) is 6.03. The Hall–Kier alpha value is 0.110. The van der Waals surface area contributed by atoms with Gasteiger partial charge in [-0.15, -0.1) is 0 Å². The van der Waals surface area contributed by atoms with E-state index in [0.29, 0.717) is 0 Å². The summed E-state index contributed by atoms with van der Waals surface area (Å²) in [5.41, 5.74) is 1.18. The van der Waals surface area contributed by atoms with Crippen molar-refractivity contribution < 1.29 is 9.09 Å².